The molecular weight excluding hydrogens is 266 g/mol. The van der Waals surface area contributed by atoms with Gasteiger partial charge in [-0.05, 0) is 24.6 Å². The molecule has 0 N–H and O–H groups in total. The van der Waals surface area contributed by atoms with E-state index < -0.39 is 6.43 Å². The summed E-state index contributed by atoms with van der Waals surface area (Å²) in [7, 11) is 0. The number of anilines is 1. The predicted molar refractivity (Wildman–Crippen MR) is 78.5 cm³/mol. The number of nitrogens with zero attached hydrogens (tertiary/aromatic N) is 2. The molecule has 1 atom stereocenters. The zero-order chi connectivity index (χ0) is 13.8. The normalized spacial score (nSPS) is 18.9. The molecule has 19 heavy (non-hydrogen) atoms. The number of piperazine rings is 1. The summed E-state index contributed by atoms with van der Waals surface area (Å²) in [4.78, 5) is 4.07. The highest BCUT2D eigenvalue weighted by molar-refractivity contribution is 7.80. The molecule has 1 aromatic rings. The lowest BCUT2D eigenvalue weighted by Gasteiger charge is -2.36. The molecule has 0 amide bonds. The molecule has 0 saturated carbocycles. The average molecular weight is 286 g/mol. The van der Waals surface area contributed by atoms with Crippen molar-refractivity contribution in [1.29, 1.82) is 0 Å². The molecule has 1 saturated heterocycles. The van der Waals surface area contributed by atoms with Gasteiger partial charge in [-0.25, -0.2) is 8.78 Å². The predicted octanol–water partition coefficient (Wildman–Crippen LogP) is 3.06. The summed E-state index contributed by atoms with van der Waals surface area (Å²) in [6.07, 6.45) is -2.23. The van der Waals surface area contributed by atoms with Gasteiger partial charge in [-0.1, -0.05) is 12.1 Å². The third kappa shape index (κ3) is 4.08. The number of alkyl halides is 2. The van der Waals surface area contributed by atoms with Crippen LogP contribution in [0.25, 0.3) is 0 Å². The smallest absolute Gasteiger partial charge is 0.251 e. The minimum atomic E-state index is -2.23. The molecule has 0 spiro atoms. The second-order valence-corrected chi connectivity index (χ2v) is 5.72. The van der Waals surface area contributed by atoms with Crippen LogP contribution in [0.15, 0.2) is 24.3 Å². The van der Waals surface area contributed by atoms with E-state index in [1.807, 2.05) is 11.8 Å². The largest absolute Gasteiger partial charge is 0.369 e. The van der Waals surface area contributed by atoms with Crippen molar-refractivity contribution < 1.29 is 8.78 Å². The van der Waals surface area contributed by atoms with Crippen LogP contribution in [-0.2, 0) is 0 Å². The quantitative estimate of drug-likeness (QED) is 0.850. The van der Waals surface area contributed by atoms with E-state index in [0.717, 1.165) is 18.8 Å². The molecule has 0 bridgehead atoms. The molecule has 1 fully saturated rings. The van der Waals surface area contributed by atoms with Gasteiger partial charge < -0.3 is 4.90 Å². The van der Waals surface area contributed by atoms with Crippen LogP contribution in [0.4, 0.5) is 14.5 Å². The summed E-state index contributed by atoms with van der Waals surface area (Å²) < 4.78 is 24.6. The number of benzene rings is 1. The molecular formula is C14H20F2N2S. The minimum absolute atomic E-state index is 0.107. The second-order valence-electron chi connectivity index (χ2n) is 4.95. The van der Waals surface area contributed by atoms with Crippen LogP contribution in [0.2, 0.25) is 0 Å². The molecule has 1 aromatic carbocycles. The van der Waals surface area contributed by atoms with Crippen LogP contribution in [0, 0.1) is 0 Å². The summed E-state index contributed by atoms with van der Waals surface area (Å²) >= 11 is 4.40. The van der Waals surface area contributed by atoms with Crippen molar-refractivity contribution in [1.82, 2.24) is 4.90 Å². The maximum Gasteiger partial charge on any atom is 0.251 e. The number of thiol groups is 1. The Hall–Kier alpha value is -0.810. The summed E-state index contributed by atoms with van der Waals surface area (Å²) in [6.45, 7) is 4.96. The summed E-state index contributed by atoms with van der Waals surface area (Å²) in [5.41, 5.74) is 2.36. The van der Waals surface area contributed by atoms with E-state index in [9.17, 15) is 8.78 Å². The molecule has 1 aliphatic rings. The van der Waals surface area contributed by atoms with Gasteiger partial charge in [-0.2, -0.15) is 12.6 Å². The average Bonchev–Trinajstić information content (AvgIpc) is 2.39. The van der Waals surface area contributed by atoms with Gasteiger partial charge in [0.2, 0.25) is 0 Å². The van der Waals surface area contributed by atoms with Gasteiger partial charge in [0.25, 0.3) is 6.43 Å². The number of halogens is 2. The molecule has 2 rings (SSSR count). The van der Waals surface area contributed by atoms with E-state index in [-0.39, 0.29) is 11.8 Å². The molecule has 5 heteroatoms. The standard InChI is InChI=1S/C14H20F2N2S/c1-11(19)12-2-4-13(5-3-12)18-8-6-17(7-9-18)10-14(15)16/h2-5,11,14,19H,6-10H2,1H3. The molecule has 0 radical (unpaired) electrons. The van der Waals surface area contributed by atoms with Gasteiger partial charge in [-0.3, -0.25) is 4.90 Å². The molecule has 1 heterocycles. The van der Waals surface area contributed by atoms with Crippen LogP contribution < -0.4 is 4.90 Å². The van der Waals surface area contributed by atoms with Crippen LogP contribution in [-0.4, -0.2) is 44.0 Å². The first-order chi connectivity index (χ1) is 9.06. The molecule has 0 aliphatic carbocycles. The van der Waals surface area contributed by atoms with Crippen molar-refractivity contribution in [3.8, 4) is 0 Å². The third-order valence-electron chi connectivity index (χ3n) is 3.51. The lowest BCUT2D eigenvalue weighted by Crippen LogP contribution is -2.47. The first-order valence-corrected chi connectivity index (χ1v) is 7.11. The molecule has 2 nitrogen and oxygen atoms in total. The molecule has 1 unspecified atom stereocenters. The van der Waals surface area contributed by atoms with Crippen LogP contribution in [0.3, 0.4) is 0 Å². The topological polar surface area (TPSA) is 6.48 Å². The van der Waals surface area contributed by atoms with Crippen LogP contribution >= 0.6 is 12.6 Å². The number of rotatable bonds is 4. The third-order valence-corrected chi connectivity index (χ3v) is 3.81. The Labute approximate surface area is 118 Å². The SMILES string of the molecule is CC(S)c1ccc(N2CCN(CC(F)F)CC2)cc1. The molecule has 106 valence electrons. The maximum atomic E-state index is 12.3. The van der Waals surface area contributed by atoms with Crippen molar-refractivity contribution in [3.05, 3.63) is 29.8 Å². The van der Waals surface area contributed by atoms with Gasteiger partial charge in [0.05, 0.1) is 6.54 Å². The van der Waals surface area contributed by atoms with Crippen LogP contribution in [0.1, 0.15) is 17.7 Å². The van der Waals surface area contributed by atoms with Gasteiger partial charge in [0.1, 0.15) is 0 Å². The maximum absolute atomic E-state index is 12.3. The lowest BCUT2D eigenvalue weighted by atomic mass is 10.1. The van der Waals surface area contributed by atoms with Crippen molar-refractivity contribution in [2.75, 3.05) is 37.6 Å². The first-order valence-electron chi connectivity index (χ1n) is 6.60. The van der Waals surface area contributed by atoms with E-state index in [1.54, 1.807) is 0 Å². The lowest BCUT2D eigenvalue weighted by molar-refractivity contribution is 0.0854. The highest BCUT2D eigenvalue weighted by Crippen LogP contribution is 2.23. The Morgan fingerprint density at radius 1 is 1.11 bits per heavy atom. The zero-order valence-electron chi connectivity index (χ0n) is 11.1. The van der Waals surface area contributed by atoms with Crippen molar-refractivity contribution in [3.63, 3.8) is 0 Å². The van der Waals surface area contributed by atoms with E-state index >= 15 is 0 Å². The van der Waals surface area contributed by atoms with E-state index in [4.69, 9.17) is 0 Å². The van der Waals surface area contributed by atoms with Crippen molar-refractivity contribution in [2.45, 2.75) is 18.6 Å². The Bertz CT molecular complexity index is 387. The Morgan fingerprint density at radius 3 is 2.16 bits per heavy atom. The minimum Gasteiger partial charge on any atom is -0.369 e. The summed E-state index contributed by atoms with van der Waals surface area (Å²) in [5, 5.41) is 0.233. The Balaban J connectivity index is 1.90. The summed E-state index contributed by atoms with van der Waals surface area (Å²) in [6, 6.07) is 8.34. The number of hydrogen-bond donors (Lipinski definition) is 1. The zero-order valence-corrected chi connectivity index (χ0v) is 12.0. The van der Waals surface area contributed by atoms with E-state index in [0.29, 0.717) is 13.1 Å². The fourth-order valence-corrected chi connectivity index (χ4v) is 2.52. The number of hydrogen-bond acceptors (Lipinski definition) is 3. The van der Waals surface area contributed by atoms with Gasteiger partial charge >= 0.3 is 0 Å². The monoisotopic (exact) mass is 286 g/mol. The van der Waals surface area contributed by atoms with Gasteiger partial charge in [0, 0.05) is 37.1 Å². The van der Waals surface area contributed by atoms with Crippen molar-refractivity contribution in [2.24, 2.45) is 0 Å². The molecule has 0 aromatic heterocycles. The summed E-state index contributed by atoms with van der Waals surface area (Å²) in [5.74, 6) is 0. The second kappa shape index (κ2) is 6.57. The molecule has 1 aliphatic heterocycles. The van der Waals surface area contributed by atoms with Gasteiger partial charge in [-0.15, -0.1) is 0 Å². The van der Waals surface area contributed by atoms with E-state index in [2.05, 4.69) is 41.8 Å². The highest BCUT2D eigenvalue weighted by atomic mass is 32.1. The fourth-order valence-electron chi connectivity index (χ4n) is 2.35. The van der Waals surface area contributed by atoms with Gasteiger partial charge in [0.15, 0.2) is 0 Å². The fraction of sp³-hybridized carbons (Fsp3) is 0.571. The Morgan fingerprint density at radius 2 is 1.68 bits per heavy atom. The van der Waals surface area contributed by atoms with Crippen molar-refractivity contribution >= 4 is 18.3 Å². The first kappa shape index (κ1) is 14.6. The van der Waals surface area contributed by atoms with Crippen LogP contribution in [0.5, 0.6) is 0 Å². The highest BCUT2D eigenvalue weighted by Gasteiger charge is 2.19. The van der Waals surface area contributed by atoms with E-state index in [1.165, 1.54) is 5.56 Å². The Kier molecular flexibility index (Phi) is 5.05.